The fraction of sp³-hybridized carbons (Fsp3) is 0.333. The number of aliphatic hydroxyl groups is 1. The highest BCUT2D eigenvalue weighted by molar-refractivity contribution is 7.19. The second kappa shape index (κ2) is 9.32. The summed E-state index contributed by atoms with van der Waals surface area (Å²) in [6.45, 7) is 5.96. The Balaban J connectivity index is 2.11. The van der Waals surface area contributed by atoms with Gasteiger partial charge in [0.2, 0.25) is 0 Å². The second-order valence-corrected chi connectivity index (χ2v) is 9.77. The maximum atomic E-state index is 13.2. The van der Waals surface area contributed by atoms with Crippen LogP contribution in [0.2, 0.25) is 5.02 Å². The van der Waals surface area contributed by atoms with E-state index in [1.807, 2.05) is 19.9 Å². The lowest BCUT2D eigenvalue weighted by Crippen LogP contribution is -2.38. The minimum absolute atomic E-state index is 0.0507. The van der Waals surface area contributed by atoms with Gasteiger partial charge in [-0.25, -0.2) is 9.59 Å². The number of benzene rings is 1. The summed E-state index contributed by atoms with van der Waals surface area (Å²) in [5.41, 5.74) is -0.185. The van der Waals surface area contributed by atoms with Crippen LogP contribution in [0.4, 0.5) is 0 Å². The highest BCUT2D eigenvalue weighted by Crippen LogP contribution is 2.41. The number of aliphatic hydroxyl groups excluding tert-OH is 1. The SMILES string of the molecule is CCOC(=O)c1c(C(O)c2c(Cl)cnc3ccccc23)sc2c1c(=O)n(C)c(=O)n2CC(C)C. The average molecular weight is 502 g/mol. The number of nitrogens with zero attached hydrogens (tertiary/aromatic N) is 3. The van der Waals surface area contributed by atoms with Crippen LogP contribution in [0.5, 0.6) is 0 Å². The van der Waals surface area contributed by atoms with Crippen LogP contribution in [0.3, 0.4) is 0 Å². The standard InChI is InChI=1S/C24H24ClN3O5S/c1-5-33-23(31)17-18-21(30)27(4)24(32)28(11-12(2)3)22(18)34-20(17)19(29)16-13-8-6-7-9-15(13)26-10-14(16)25/h6-10,12,19,29H,5,11H2,1-4H3. The Morgan fingerprint density at radius 1 is 1.26 bits per heavy atom. The van der Waals surface area contributed by atoms with E-state index in [2.05, 4.69) is 4.98 Å². The van der Waals surface area contributed by atoms with Crippen LogP contribution < -0.4 is 11.2 Å². The number of ether oxygens (including phenoxy) is 1. The molecular formula is C24H24ClN3O5S. The monoisotopic (exact) mass is 501 g/mol. The molecule has 4 rings (SSSR count). The molecule has 0 aliphatic carbocycles. The summed E-state index contributed by atoms with van der Waals surface area (Å²) >= 11 is 7.49. The third-order valence-electron chi connectivity index (χ3n) is 5.52. The van der Waals surface area contributed by atoms with E-state index in [1.165, 1.54) is 17.8 Å². The van der Waals surface area contributed by atoms with Crippen LogP contribution in [0.25, 0.3) is 21.1 Å². The van der Waals surface area contributed by atoms with Gasteiger partial charge in [-0.15, -0.1) is 11.3 Å². The molecule has 0 radical (unpaired) electrons. The van der Waals surface area contributed by atoms with E-state index >= 15 is 0 Å². The molecule has 0 saturated carbocycles. The molecule has 0 fully saturated rings. The van der Waals surface area contributed by atoms with Crippen molar-refractivity contribution in [1.82, 2.24) is 14.1 Å². The predicted octanol–water partition coefficient (Wildman–Crippen LogP) is 3.88. The molecule has 0 amide bonds. The summed E-state index contributed by atoms with van der Waals surface area (Å²) < 4.78 is 7.71. The van der Waals surface area contributed by atoms with Crippen LogP contribution in [-0.2, 0) is 18.3 Å². The van der Waals surface area contributed by atoms with Gasteiger partial charge in [-0.1, -0.05) is 43.6 Å². The summed E-state index contributed by atoms with van der Waals surface area (Å²) in [5.74, 6) is -0.650. The first kappa shape index (κ1) is 24.1. The molecule has 3 aromatic heterocycles. The topological polar surface area (TPSA) is 103 Å². The number of carbonyl (C=O) groups is 1. The minimum atomic E-state index is -1.36. The predicted molar refractivity (Wildman–Crippen MR) is 133 cm³/mol. The Morgan fingerprint density at radius 2 is 1.97 bits per heavy atom. The number of pyridine rings is 1. The number of fused-ring (bicyclic) bond motifs is 2. The summed E-state index contributed by atoms with van der Waals surface area (Å²) in [6, 6.07) is 7.17. The maximum Gasteiger partial charge on any atom is 0.340 e. The molecule has 1 unspecified atom stereocenters. The average Bonchev–Trinajstić information content (AvgIpc) is 3.21. The number of rotatable bonds is 6. The van der Waals surface area contributed by atoms with Crippen LogP contribution in [0.1, 0.15) is 47.7 Å². The van der Waals surface area contributed by atoms with Gasteiger partial charge >= 0.3 is 11.7 Å². The normalized spacial score (nSPS) is 12.6. The molecule has 0 aliphatic heterocycles. The number of thiophene rings is 1. The zero-order valence-electron chi connectivity index (χ0n) is 19.2. The molecule has 0 saturated heterocycles. The number of halogens is 1. The van der Waals surface area contributed by atoms with E-state index in [4.69, 9.17) is 16.3 Å². The third kappa shape index (κ3) is 3.93. The Morgan fingerprint density at radius 3 is 2.65 bits per heavy atom. The van der Waals surface area contributed by atoms with Crippen LogP contribution in [-0.4, -0.2) is 31.8 Å². The number of carbonyl (C=O) groups excluding carboxylic acids is 1. The van der Waals surface area contributed by atoms with E-state index in [9.17, 15) is 19.5 Å². The molecule has 1 aromatic carbocycles. The van der Waals surface area contributed by atoms with Gasteiger partial charge in [0.1, 0.15) is 10.9 Å². The number of hydrogen-bond donors (Lipinski definition) is 1. The molecule has 4 aromatic rings. The van der Waals surface area contributed by atoms with Gasteiger partial charge in [0.15, 0.2) is 0 Å². The van der Waals surface area contributed by atoms with E-state index in [0.29, 0.717) is 27.8 Å². The van der Waals surface area contributed by atoms with Crippen molar-refractivity contribution >= 4 is 50.0 Å². The zero-order chi connectivity index (χ0) is 24.7. The quantitative estimate of drug-likeness (QED) is 0.402. The molecule has 0 bridgehead atoms. The molecule has 3 heterocycles. The van der Waals surface area contributed by atoms with Gasteiger partial charge in [-0.2, -0.15) is 0 Å². The summed E-state index contributed by atoms with van der Waals surface area (Å²) in [4.78, 5) is 44.0. The van der Waals surface area contributed by atoms with Crippen molar-refractivity contribution in [2.24, 2.45) is 13.0 Å². The number of esters is 1. The molecule has 10 heteroatoms. The third-order valence-corrected chi connectivity index (χ3v) is 7.08. The van der Waals surface area contributed by atoms with Crippen molar-refractivity contribution in [3.05, 3.63) is 72.3 Å². The molecule has 1 atom stereocenters. The summed E-state index contributed by atoms with van der Waals surface area (Å²) in [7, 11) is 1.37. The largest absolute Gasteiger partial charge is 0.462 e. The number of hydrogen-bond acceptors (Lipinski definition) is 7. The number of aromatic nitrogens is 3. The van der Waals surface area contributed by atoms with E-state index in [1.54, 1.807) is 25.1 Å². The maximum absolute atomic E-state index is 13.2. The number of para-hydroxylation sites is 1. The second-order valence-electron chi connectivity index (χ2n) is 8.33. The minimum Gasteiger partial charge on any atom is -0.462 e. The molecule has 0 aliphatic rings. The molecule has 178 valence electrons. The van der Waals surface area contributed by atoms with E-state index < -0.39 is 23.3 Å². The summed E-state index contributed by atoms with van der Waals surface area (Å²) in [6.07, 6.45) is 0.0811. The lowest BCUT2D eigenvalue weighted by atomic mass is 10.00. The van der Waals surface area contributed by atoms with Gasteiger partial charge in [0, 0.05) is 30.7 Å². The molecule has 0 spiro atoms. The molecular weight excluding hydrogens is 478 g/mol. The Labute approximate surface area is 204 Å². The smallest absolute Gasteiger partial charge is 0.340 e. The van der Waals surface area contributed by atoms with Gasteiger partial charge < -0.3 is 9.84 Å². The molecule has 34 heavy (non-hydrogen) atoms. The van der Waals surface area contributed by atoms with Gasteiger partial charge in [-0.3, -0.25) is 18.9 Å². The Bertz CT molecular complexity index is 1540. The Kier molecular flexibility index (Phi) is 6.62. The highest BCUT2D eigenvalue weighted by atomic mass is 35.5. The fourth-order valence-corrected chi connectivity index (χ4v) is 5.55. The van der Waals surface area contributed by atoms with Gasteiger partial charge in [0.25, 0.3) is 5.56 Å². The van der Waals surface area contributed by atoms with Gasteiger partial charge in [-0.05, 0) is 18.9 Å². The molecule has 1 N–H and O–H groups in total. The first-order valence-electron chi connectivity index (χ1n) is 10.8. The fourth-order valence-electron chi connectivity index (χ4n) is 4.02. The highest BCUT2D eigenvalue weighted by Gasteiger charge is 2.32. The van der Waals surface area contributed by atoms with Crippen molar-refractivity contribution in [1.29, 1.82) is 0 Å². The Hall–Kier alpha value is -3.01. The van der Waals surface area contributed by atoms with Crippen molar-refractivity contribution in [3.63, 3.8) is 0 Å². The van der Waals surface area contributed by atoms with Crippen molar-refractivity contribution in [2.75, 3.05) is 6.61 Å². The van der Waals surface area contributed by atoms with Crippen molar-refractivity contribution in [2.45, 2.75) is 33.4 Å². The zero-order valence-corrected chi connectivity index (χ0v) is 20.7. The van der Waals surface area contributed by atoms with Crippen molar-refractivity contribution in [3.8, 4) is 0 Å². The van der Waals surface area contributed by atoms with E-state index in [-0.39, 0.29) is 33.4 Å². The van der Waals surface area contributed by atoms with Crippen LogP contribution in [0.15, 0.2) is 40.1 Å². The van der Waals surface area contributed by atoms with Crippen molar-refractivity contribution < 1.29 is 14.6 Å². The lowest BCUT2D eigenvalue weighted by Gasteiger charge is -2.15. The summed E-state index contributed by atoms with van der Waals surface area (Å²) in [5, 5.41) is 12.4. The van der Waals surface area contributed by atoms with E-state index in [0.717, 1.165) is 15.9 Å². The first-order valence-corrected chi connectivity index (χ1v) is 12.0. The van der Waals surface area contributed by atoms with Crippen LogP contribution in [0, 0.1) is 5.92 Å². The van der Waals surface area contributed by atoms with Crippen LogP contribution >= 0.6 is 22.9 Å². The van der Waals surface area contributed by atoms with Gasteiger partial charge in [0.05, 0.1) is 33.0 Å². The molecule has 8 nitrogen and oxygen atoms in total. The first-order chi connectivity index (χ1) is 16.2. The lowest BCUT2D eigenvalue weighted by molar-refractivity contribution is 0.0524.